The number of halogens is 2. The molecule has 2 aromatic carbocycles. The molecule has 1 saturated carbocycles. The summed E-state index contributed by atoms with van der Waals surface area (Å²) in [5, 5.41) is 0. The minimum atomic E-state index is -0.642. The average Bonchev–Trinajstić information content (AvgIpc) is 3.48. The first-order valence-corrected chi connectivity index (χ1v) is 9.33. The summed E-state index contributed by atoms with van der Waals surface area (Å²) in [4.78, 5) is 14.0. The van der Waals surface area contributed by atoms with Gasteiger partial charge in [-0.05, 0) is 36.5 Å². The monoisotopic (exact) mass is 413 g/mol. The first-order valence-electron chi connectivity index (χ1n) is 8.53. The van der Waals surface area contributed by atoms with Crippen LogP contribution in [0.25, 0.3) is 5.70 Å². The second-order valence-electron chi connectivity index (χ2n) is 6.44. The van der Waals surface area contributed by atoms with Crippen molar-refractivity contribution in [3.05, 3.63) is 82.7 Å². The SMILES string of the molecule is O=C(Oc1ccccc1)N1C=C(F)C(C2CC2)C(Br)=C1c1ccccc1. The maximum absolute atomic E-state index is 14.8. The van der Waals surface area contributed by atoms with Gasteiger partial charge >= 0.3 is 6.09 Å². The summed E-state index contributed by atoms with van der Waals surface area (Å²) in [5.41, 5.74) is 1.46. The van der Waals surface area contributed by atoms with Crippen molar-refractivity contribution in [1.29, 1.82) is 0 Å². The predicted octanol–water partition coefficient (Wildman–Crippen LogP) is 6.10. The van der Waals surface area contributed by atoms with E-state index in [-0.39, 0.29) is 17.7 Å². The van der Waals surface area contributed by atoms with Crippen molar-refractivity contribution in [2.45, 2.75) is 12.8 Å². The molecule has 0 radical (unpaired) electrons. The minimum Gasteiger partial charge on any atom is -0.410 e. The Balaban J connectivity index is 1.72. The molecule has 1 atom stereocenters. The lowest BCUT2D eigenvalue weighted by Gasteiger charge is -2.30. The lowest BCUT2D eigenvalue weighted by molar-refractivity contribution is 0.182. The molecule has 2 aromatic rings. The third-order valence-electron chi connectivity index (χ3n) is 4.58. The van der Waals surface area contributed by atoms with Gasteiger partial charge in [0.05, 0.1) is 5.70 Å². The van der Waals surface area contributed by atoms with E-state index in [2.05, 4.69) is 15.9 Å². The number of amides is 1. The van der Waals surface area contributed by atoms with Crippen LogP contribution in [0.4, 0.5) is 9.18 Å². The molecule has 0 N–H and O–H groups in total. The van der Waals surface area contributed by atoms with Crippen molar-refractivity contribution in [3.8, 4) is 5.75 Å². The zero-order valence-corrected chi connectivity index (χ0v) is 15.5. The minimum absolute atomic E-state index is 0.284. The fourth-order valence-corrected chi connectivity index (χ4v) is 4.18. The Hall–Kier alpha value is -2.40. The van der Waals surface area contributed by atoms with Gasteiger partial charge in [0.1, 0.15) is 11.6 Å². The van der Waals surface area contributed by atoms with Crippen LogP contribution >= 0.6 is 15.9 Å². The van der Waals surface area contributed by atoms with E-state index in [9.17, 15) is 9.18 Å². The van der Waals surface area contributed by atoms with E-state index in [1.54, 1.807) is 24.3 Å². The number of ether oxygens (including phenoxy) is 1. The standard InChI is InChI=1S/C21H17BrFNO2/c22-19-18(14-11-12-14)17(23)13-24(20(19)15-7-3-1-4-8-15)21(25)26-16-9-5-2-6-10-16/h1-10,13-14,18H,11-12H2. The van der Waals surface area contributed by atoms with Crippen molar-refractivity contribution in [2.75, 3.05) is 0 Å². The number of para-hydroxylation sites is 1. The van der Waals surface area contributed by atoms with Crippen LogP contribution in [0.1, 0.15) is 18.4 Å². The van der Waals surface area contributed by atoms with Gasteiger partial charge in [0.15, 0.2) is 0 Å². The van der Waals surface area contributed by atoms with E-state index in [1.807, 2.05) is 36.4 Å². The van der Waals surface area contributed by atoms with Crippen LogP contribution in [0.15, 0.2) is 77.2 Å². The van der Waals surface area contributed by atoms with E-state index < -0.39 is 6.09 Å². The second kappa shape index (κ2) is 7.08. The Morgan fingerprint density at radius 3 is 2.27 bits per heavy atom. The molecule has 1 fully saturated rings. The molecule has 1 unspecified atom stereocenters. The van der Waals surface area contributed by atoms with Crippen molar-refractivity contribution >= 4 is 27.7 Å². The largest absolute Gasteiger partial charge is 0.424 e. The highest BCUT2D eigenvalue weighted by Gasteiger charge is 2.42. The van der Waals surface area contributed by atoms with Crippen molar-refractivity contribution < 1.29 is 13.9 Å². The first-order chi connectivity index (χ1) is 12.6. The van der Waals surface area contributed by atoms with Gasteiger partial charge in [-0.25, -0.2) is 14.1 Å². The molecule has 0 bridgehead atoms. The number of benzene rings is 2. The molecule has 132 valence electrons. The lowest BCUT2D eigenvalue weighted by Crippen LogP contribution is -2.32. The zero-order valence-electron chi connectivity index (χ0n) is 13.9. The topological polar surface area (TPSA) is 29.5 Å². The summed E-state index contributed by atoms with van der Waals surface area (Å²) in [6.45, 7) is 0. The van der Waals surface area contributed by atoms with E-state index in [0.717, 1.165) is 18.4 Å². The van der Waals surface area contributed by atoms with Gasteiger partial charge in [-0.15, -0.1) is 0 Å². The summed E-state index contributed by atoms with van der Waals surface area (Å²) in [6, 6.07) is 18.3. The molecular weight excluding hydrogens is 397 g/mol. The molecule has 1 heterocycles. The number of hydrogen-bond acceptors (Lipinski definition) is 2. The lowest BCUT2D eigenvalue weighted by atomic mass is 9.95. The number of rotatable bonds is 3. The molecular formula is C21H17BrFNO2. The number of nitrogens with zero attached hydrogens (tertiary/aromatic N) is 1. The van der Waals surface area contributed by atoms with Gasteiger partial charge in [0.25, 0.3) is 0 Å². The molecule has 1 aliphatic heterocycles. The Morgan fingerprint density at radius 2 is 1.65 bits per heavy atom. The van der Waals surface area contributed by atoms with E-state index in [0.29, 0.717) is 15.9 Å². The number of carbonyl (C=O) groups excluding carboxylic acids is 1. The quantitative estimate of drug-likeness (QED) is 0.607. The molecule has 1 amide bonds. The van der Waals surface area contributed by atoms with Gasteiger partial charge in [-0.2, -0.15) is 0 Å². The number of hydrogen-bond donors (Lipinski definition) is 0. The van der Waals surface area contributed by atoms with Crippen LogP contribution in [0.3, 0.4) is 0 Å². The Kier molecular flexibility index (Phi) is 4.64. The van der Waals surface area contributed by atoms with Gasteiger partial charge in [-0.3, -0.25) is 0 Å². The fraction of sp³-hybridized carbons (Fsp3) is 0.190. The number of allylic oxidation sites excluding steroid dienone is 2. The Morgan fingerprint density at radius 1 is 1.04 bits per heavy atom. The molecule has 4 rings (SSSR count). The van der Waals surface area contributed by atoms with Crippen LogP contribution in [0, 0.1) is 11.8 Å². The fourth-order valence-electron chi connectivity index (χ4n) is 3.17. The highest BCUT2D eigenvalue weighted by atomic mass is 79.9. The second-order valence-corrected chi connectivity index (χ2v) is 7.30. The Labute approximate surface area is 159 Å². The zero-order chi connectivity index (χ0) is 18.1. The molecule has 3 nitrogen and oxygen atoms in total. The highest BCUT2D eigenvalue weighted by molar-refractivity contribution is 9.11. The van der Waals surface area contributed by atoms with Crippen LogP contribution < -0.4 is 4.74 Å². The summed E-state index contributed by atoms with van der Waals surface area (Å²) >= 11 is 3.58. The van der Waals surface area contributed by atoms with Crippen molar-refractivity contribution in [3.63, 3.8) is 0 Å². The van der Waals surface area contributed by atoms with Crippen LogP contribution in [-0.2, 0) is 0 Å². The molecule has 2 aliphatic rings. The molecule has 0 aromatic heterocycles. The number of carbonyl (C=O) groups is 1. The van der Waals surface area contributed by atoms with Crippen LogP contribution in [0.5, 0.6) is 5.75 Å². The molecule has 0 saturated heterocycles. The maximum Gasteiger partial charge on any atom is 0.424 e. The van der Waals surface area contributed by atoms with Gasteiger partial charge in [-0.1, -0.05) is 64.5 Å². The van der Waals surface area contributed by atoms with Crippen LogP contribution in [0.2, 0.25) is 0 Å². The summed E-state index contributed by atoms with van der Waals surface area (Å²) in [7, 11) is 0. The summed E-state index contributed by atoms with van der Waals surface area (Å²) in [6.07, 6.45) is 2.62. The third kappa shape index (κ3) is 3.31. The van der Waals surface area contributed by atoms with E-state index >= 15 is 0 Å². The van der Waals surface area contributed by atoms with E-state index in [4.69, 9.17) is 4.74 Å². The Bertz CT molecular complexity index is 875. The van der Waals surface area contributed by atoms with Gasteiger partial charge < -0.3 is 4.74 Å². The summed E-state index contributed by atoms with van der Waals surface area (Å²) < 4.78 is 20.9. The molecule has 26 heavy (non-hydrogen) atoms. The predicted molar refractivity (Wildman–Crippen MR) is 102 cm³/mol. The molecule has 1 aliphatic carbocycles. The first kappa shape index (κ1) is 17.0. The molecule has 0 spiro atoms. The van der Waals surface area contributed by atoms with Crippen LogP contribution in [-0.4, -0.2) is 11.0 Å². The highest BCUT2D eigenvalue weighted by Crippen LogP contribution is 2.51. The third-order valence-corrected chi connectivity index (χ3v) is 5.44. The summed E-state index contributed by atoms with van der Waals surface area (Å²) in [5.74, 6) is 0.0563. The maximum atomic E-state index is 14.8. The van der Waals surface area contributed by atoms with Crippen molar-refractivity contribution in [2.24, 2.45) is 11.8 Å². The smallest absolute Gasteiger partial charge is 0.410 e. The average molecular weight is 414 g/mol. The van der Waals surface area contributed by atoms with Gasteiger partial charge in [0, 0.05) is 16.6 Å². The van der Waals surface area contributed by atoms with Crippen molar-refractivity contribution in [1.82, 2.24) is 4.90 Å². The normalized spacial score (nSPS) is 20.0. The van der Waals surface area contributed by atoms with Gasteiger partial charge in [0.2, 0.25) is 0 Å². The van der Waals surface area contributed by atoms with E-state index in [1.165, 1.54) is 11.1 Å². The molecule has 5 heteroatoms.